The molecule has 5 nitrogen and oxygen atoms in total. The van der Waals surface area contributed by atoms with Crippen LogP contribution in [0.3, 0.4) is 0 Å². The molecule has 2 aromatic carbocycles. The maximum Gasteiger partial charge on any atom is 0.227 e. The summed E-state index contributed by atoms with van der Waals surface area (Å²) in [6.45, 7) is 1.63. The van der Waals surface area contributed by atoms with Crippen molar-refractivity contribution >= 4 is 21.5 Å². The van der Waals surface area contributed by atoms with Crippen LogP contribution in [0.25, 0.3) is 11.3 Å². The van der Waals surface area contributed by atoms with Crippen LogP contribution in [-0.4, -0.2) is 24.1 Å². The molecule has 10 heteroatoms. The van der Waals surface area contributed by atoms with Crippen LogP contribution in [0, 0.1) is 17.5 Å². The molecule has 0 fully saturated rings. The minimum absolute atomic E-state index is 0.0830. The smallest absolute Gasteiger partial charge is 0.227 e. The van der Waals surface area contributed by atoms with Crippen molar-refractivity contribution in [1.82, 2.24) is 9.97 Å². The molecule has 1 heterocycles. The van der Waals surface area contributed by atoms with E-state index in [2.05, 4.69) is 15.3 Å². The first kappa shape index (κ1) is 21.7. The zero-order valence-electron chi connectivity index (χ0n) is 15.7. The Morgan fingerprint density at radius 3 is 2.53 bits per heavy atom. The number of anilines is 2. The lowest BCUT2D eigenvalue weighted by molar-refractivity contribution is 0.430. The molecule has 0 spiro atoms. The second kappa shape index (κ2) is 8.78. The highest BCUT2D eigenvalue weighted by molar-refractivity contribution is 7.91. The molecule has 1 N–H and O–H groups in total. The number of nitrogens with one attached hydrogen (secondary N) is 1. The number of aromatic nitrogens is 2. The SMILES string of the molecule is CCCS(=O)(=O)C(F)c1cccc(Nc2ncc(F)c(-c3ccc(F)cc3F)n2)c1. The molecule has 0 saturated heterocycles. The van der Waals surface area contributed by atoms with Crippen LogP contribution in [0.4, 0.5) is 29.2 Å². The van der Waals surface area contributed by atoms with Gasteiger partial charge in [-0.1, -0.05) is 19.1 Å². The summed E-state index contributed by atoms with van der Waals surface area (Å²) >= 11 is 0. The fourth-order valence-electron chi connectivity index (χ4n) is 2.78. The molecule has 0 radical (unpaired) electrons. The molecule has 0 bridgehead atoms. The Bertz CT molecular complexity index is 1170. The van der Waals surface area contributed by atoms with Crippen LogP contribution in [-0.2, 0) is 9.84 Å². The predicted octanol–water partition coefficient (Wildman–Crippen LogP) is 5.10. The van der Waals surface area contributed by atoms with Crippen LogP contribution in [0.2, 0.25) is 0 Å². The van der Waals surface area contributed by atoms with Crippen LogP contribution in [0.1, 0.15) is 24.4 Å². The Balaban J connectivity index is 1.91. The van der Waals surface area contributed by atoms with Gasteiger partial charge in [-0.2, -0.15) is 0 Å². The van der Waals surface area contributed by atoms with E-state index in [1.165, 1.54) is 24.3 Å². The summed E-state index contributed by atoms with van der Waals surface area (Å²) in [5.41, 5.74) is -2.69. The van der Waals surface area contributed by atoms with Crippen LogP contribution >= 0.6 is 0 Å². The molecule has 158 valence electrons. The Labute approximate surface area is 170 Å². The van der Waals surface area contributed by atoms with Gasteiger partial charge in [-0.05, 0) is 30.7 Å². The van der Waals surface area contributed by atoms with E-state index in [1.54, 1.807) is 6.92 Å². The van der Waals surface area contributed by atoms with Gasteiger partial charge in [0.25, 0.3) is 0 Å². The van der Waals surface area contributed by atoms with Crippen molar-refractivity contribution in [1.29, 1.82) is 0 Å². The minimum Gasteiger partial charge on any atom is -0.324 e. The maximum absolute atomic E-state index is 14.5. The molecule has 30 heavy (non-hydrogen) atoms. The van der Waals surface area contributed by atoms with Gasteiger partial charge in [-0.15, -0.1) is 0 Å². The van der Waals surface area contributed by atoms with Crippen molar-refractivity contribution in [2.24, 2.45) is 0 Å². The Hall–Kier alpha value is -3.01. The topological polar surface area (TPSA) is 72.0 Å². The molecule has 1 unspecified atom stereocenters. The first-order valence-electron chi connectivity index (χ1n) is 8.92. The monoisotopic (exact) mass is 439 g/mol. The summed E-state index contributed by atoms with van der Waals surface area (Å²) < 4.78 is 79.6. The third kappa shape index (κ3) is 4.76. The van der Waals surface area contributed by atoms with Crippen LogP contribution < -0.4 is 5.32 Å². The number of rotatable bonds is 7. The molecule has 3 aromatic rings. The number of hydrogen-bond acceptors (Lipinski definition) is 5. The number of hydrogen-bond donors (Lipinski definition) is 1. The van der Waals surface area contributed by atoms with E-state index in [-0.39, 0.29) is 34.9 Å². The van der Waals surface area contributed by atoms with E-state index < -0.39 is 38.5 Å². The van der Waals surface area contributed by atoms with Crippen molar-refractivity contribution in [2.75, 3.05) is 11.1 Å². The largest absolute Gasteiger partial charge is 0.324 e. The van der Waals surface area contributed by atoms with E-state index in [1.807, 2.05) is 0 Å². The van der Waals surface area contributed by atoms with Gasteiger partial charge < -0.3 is 5.32 Å². The lowest BCUT2D eigenvalue weighted by atomic mass is 10.1. The molecule has 0 aliphatic rings. The highest BCUT2D eigenvalue weighted by atomic mass is 32.2. The highest BCUT2D eigenvalue weighted by Crippen LogP contribution is 2.29. The third-order valence-corrected chi connectivity index (χ3v) is 6.02. The van der Waals surface area contributed by atoms with Crippen LogP contribution in [0.5, 0.6) is 0 Å². The summed E-state index contributed by atoms with van der Waals surface area (Å²) in [7, 11) is -3.96. The van der Waals surface area contributed by atoms with Crippen molar-refractivity contribution < 1.29 is 26.0 Å². The van der Waals surface area contributed by atoms with Gasteiger partial charge in [0.2, 0.25) is 11.5 Å². The standard InChI is InChI=1S/C20H17F4N3O2S/c1-2-8-30(28,29)19(24)12-4-3-5-14(9-12)26-20-25-11-17(23)18(27-20)15-7-6-13(21)10-16(15)22/h3-7,9-11,19H,2,8H2,1H3,(H,25,26,27). The fourth-order valence-corrected chi connectivity index (χ4v) is 4.12. The van der Waals surface area contributed by atoms with Gasteiger partial charge in [-0.3, -0.25) is 0 Å². The van der Waals surface area contributed by atoms with Gasteiger partial charge in [0.15, 0.2) is 15.7 Å². The summed E-state index contributed by atoms with van der Waals surface area (Å²) in [5, 5.41) is 2.70. The summed E-state index contributed by atoms with van der Waals surface area (Å²) in [6.07, 6.45) is 1.09. The van der Waals surface area contributed by atoms with E-state index in [0.29, 0.717) is 6.07 Å². The highest BCUT2D eigenvalue weighted by Gasteiger charge is 2.26. The lowest BCUT2D eigenvalue weighted by Crippen LogP contribution is -2.13. The summed E-state index contributed by atoms with van der Waals surface area (Å²) in [5.74, 6) is -3.17. The quantitative estimate of drug-likeness (QED) is 0.519. The first-order valence-corrected chi connectivity index (χ1v) is 10.6. The van der Waals surface area contributed by atoms with E-state index >= 15 is 0 Å². The number of nitrogens with zero attached hydrogens (tertiary/aromatic N) is 2. The summed E-state index contributed by atoms with van der Waals surface area (Å²) in [4.78, 5) is 7.66. The van der Waals surface area contributed by atoms with Crippen molar-refractivity contribution in [3.63, 3.8) is 0 Å². The maximum atomic E-state index is 14.5. The average molecular weight is 439 g/mol. The average Bonchev–Trinajstić information content (AvgIpc) is 2.69. The van der Waals surface area contributed by atoms with E-state index in [9.17, 15) is 26.0 Å². The second-order valence-electron chi connectivity index (χ2n) is 6.45. The van der Waals surface area contributed by atoms with E-state index in [4.69, 9.17) is 0 Å². The lowest BCUT2D eigenvalue weighted by Gasteiger charge is -2.12. The number of alkyl halides is 1. The second-order valence-corrected chi connectivity index (χ2v) is 8.60. The molecule has 0 amide bonds. The third-order valence-electron chi connectivity index (χ3n) is 4.14. The van der Waals surface area contributed by atoms with Crippen molar-refractivity contribution in [3.8, 4) is 11.3 Å². The number of benzene rings is 2. The molecule has 0 aliphatic carbocycles. The predicted molar refractivity (Wildman–Crippen MR) is 105 cm³/mol. The fraction of sp³-hybridized carbons (Fsp3) is 0.200. The van der Waals surface area contributed by atoms with Crippen molar-refractivity contribution in [2.45, 2.75) is 18.8 Å². The Kier molecular flexibility index (Phi) is 6.35. The minimum atomic E-state index is -3.96. The first-order chi connectivity index (χ1) is 14.2. The van der Waals surface area contributed by atoms with Crippen molar-refractivity contribution in [3.05, 3.63) is 71.7 Å². The van der Waals surface area contributed by atoms with Gasteiger partial charge in [-0.25, -0.2) is 35.9 Å². The molecular weight excluding hydrogens is 422 g/mol. The zero-order chi connectivity index (χ0) is 21.9. The molecule has 1 atom stereocenters. The Morgan fingerprint density at radius 1 is 1.07 bits per heavy atom. The van der Waals surface area contributed by atoms with Gasteiger partial charge in [0.05, 0.1) is 11.9 Å². The number of halogens is 4. The molecule has 3 rings (SSSR count). The van der Waals surface area contributed by atoms with Gasteiger partial charge in [0.1, 0.15) is 17.3 Å². The van der Waals surface area contributed by atoms with Crippen LogP contribution in [0.15, 0.2) is 48.7 Å². The number of sulfone groups is 1. The molecular formula is C20H17F4N3O2S. The zero-order valence-corrected chi connectivity index (χ0v) is 16.6. The molecule has 0 aliphatic heterocycles. The van der Waals surface area contributed by atoms with Gasteiger partial charge >= 0.3 is 0 Å². The Morgan fingerprint density at radius 2 is 1.83 bits per heavy atom. The summed E-state index contributed by atoms with van der Waals surface area (Å²) in [6, 6.07) is 8.16. The molecule has 1 aromatic heterocycles. The molecule has 0 saturated carbocycles. The van der Waals surface area contributed by atoms with E-state index in [0.717, 1.165) is 18.3 Å². The normalized spacial score (nSPS) is 12.6. The van der Waals surface area contributed by atoms with Gasteiger partial charge in [0, 0.05) is 22.9 Å².